The van der Waals surface area contributed by atoms with Crippen LogP contribution in [0, 0.1) is 0 Å². The Balaban J connectivity index is 0.00000256. The molecule has 102 valence electrons. The van der Waals surface area contributed by atoms with Gasteiger partial charge in [0.2, 0.25) is 5.91 Å². The van der Waals surface area contributed by atoms with Gasteiger partial charge in [0.15, 0.2) is 0 Å². The fourth-order valence-electron chi connectivity index (χ4n) is 1.97. The van der Waals surface area contributed by atoms with Crippen LogP contribution in [0.25, 0.3) is 0 Å². The number of nitrogens with one attached hydrogen (secondary N) is 2. The van der Waals surface area contributed by atoms with Gasteiger partial charge in [0, 0.05) is 19.1 Å². The van der Waals surface area contributed by atoms with Crippen molar-refractivity contribution in [2.24, 2.45) is 0 Å². The average Bonchev–Trinajstić information content (AvgIpc) is 2.29. The largest absolute Gasteiger partial charge is 0.375 e. The number of ether oxygens (including phenoxy) is 1. The van der Waals surface area contributed by atoms with Gasteiger partial charge in [-0.15, -0.1) is 12.4 Å². The summed E-state index contributed by atoms with van der Waals surface area (Å²) >= 11 is 0. The molecule has 2 unspecified atom stereocenters. The zero-order chi connectivity index (χ0) is 11.8. The Kier molecular flexibility index (Phi) is 9.50. The molecule has 5 heteroatoms. The molecule has 0 bridgehead atoms. The van der Waals surface area contributed by atoms with Gasteiger partial charge in [-0.25, -0.2) is 0 Å². The van der Waals surface area contributed by atoms with Gasteiger partial charge in [-0.3, -0.25) is 4.79 Å². The highest BCUT2D eigenvalue weighted by Gasteiger charge is 2.18. The second kappa shape index (κ2) is 9.68. The lowest BCUT2D eigenvalue weighted by Gasteiger charge is -2.24. The van der Waals surface area contributed by atoms with Gasteiger partial charge in [0.05, 0.1) is 19.1 Å². The number of carbonyl (C=O) groups is 1. The zero-order valence-corrected chi connectivity index (χ0v) is 11.6. The fourth-order valence-corrected chi connectivity index (χ4v) is 1.97. The normalized spacial score (nSPS) is 21.4. The molecule has 0 aliphatic carbocycles. The minimum Gasteiger partial charge on any atom is -0.375 e. The molecule has 1 aliphatic heterocycles. The van der Waals surface area contributed by atoms with Crippen LogP contribution in [-0.2, 0) is 9.53 Å². The Morgan fingerprint density at radius 2 is 2.29 bits per heavy atom. The van der Waals surface area contributed by atoms with E-state index in [0.29, 0.717) is 19.1 Å². The predicted octanol–water partition coefficient (Wildman–Crippen LogP) is 1.48. The van der Waals surface area contributed by atoms with Crippen LogP contribution in [0.2, 0.25) is 0 Å². The topological polar surface area (TPSA) is 50.4 Å². The Bertz CT molecular complexity index is 200. The second-order valence-electron chi connectivity index (χ2n) is 4.36. The smallest absolute Gasteiger partial charge is 0.222 e. The number of morpholine rings is 1. The van der Waals surface area contributed by atoms with Crippen LogP contribution >= 0.6 is 12.4 Å². The maximum absolute atomic E-state index is 11.7. The molecular formula is C12H25ClN2O2. The summed E-state index contributed by atoms with van der Waals surface area (Å²) in [6, 6.07) is 0.328. The zero-order valence-electron chi connectivity index (χ0n) is 10.8. The van der Waals surface area contributed by atoms with Crippen molar-refractivity contribution in [2.45, 2.75) is 51.7 Å². The Morgan fingerprint density at radius 1 is 1.53 bits per heavy atom. The molecule has 1 rings (SSSR count). The molecule has 17 heavy (non-hydrogen) atoms. The molecule has 2 N–H and O–H groups in total. The van der Waals surface area contributed by atoms with Gasteiger partial charge in [0.1, 0.15) is 0 Å². The molecule has 0 spiro atoms. The molecule has 0 radical (unpaired) electrons. The third-order valence-electron chi connectivity index (χ3n) is 2.91. The van der Waals surface area contributed by atoms with Crippen molar-refractivity contribution in [3.05, 3.63) is 0 Å². The number of halogens is 1. The number of rotatable bonds is 6. The average molecular weight is 265 g/mol. The van der Waals surface area contributed by atoms with E-state index >= 15 is 0 Å². The number of hydrogen-bond donors (Lipinski definition) is 2. The summed E-state index contributed by atoms with van der Waals surface area (Å²) in [6.07, 6.45) is 3.70. The minimum absolute atomic E-state index is 0. The van der Waals surface area contributed by atoms with Crippen molar-refractivity contribution in [1.82, 2.24) is 10.6 Å². The lowest BCUT2D eigenvalue weighted by atomic mass is 10.1. The van der Waals surface area contributed by atoms with Gasteiger partial charge in [-0.05, 0) is 12.8 Å². The highest BCUT2D eigenvalue weighted by atomic mass is 35.5. The quantitative estimate of drug-likeness (QED) is 0.764. The van der Waals surface area contributed by atoms with Crippen molar-refractivity contribution in [3.8, 4) is 0 Å². The maximum atomic E-state index is 11.7. The molecule has 0 saturated carbocycles. The fraction of sp³-hybridized carbons (Fsp3) is 0.917. The first kappa shape index (κ1) is 16.7. The molecule has 0 aromatic carbocycles. The predicted molar refractivity (Wildman–Crippen MR) is 71.6 cm³/mol. The summed E-state index contributed by atoms with van der Waals surface area (Å²) in [4.78, 5) is 11.7. The summed E-state index contributed by atoms with van der Waals surface area (Å²) in [6.45, 7) is 6.65. The van der Waals surface area contributed by atoms with E-state index < -0.39 is 0 Å². The molecule has 2 atom stereocenters. The molecule has 1 fully saturated rings. The summed E-state index contributed by atoms with van der Waals surface area (Å²) in [5.41, 5.74) is 0. The third kappa shape index (κ3) is 6.86. The monoisotopic (exact) mass is 264 g/mol. The van der Waals surface area contributed by atoms with Gasteiger partial charge in [-0.1, -0.05) is 20.3 Å². The van der Waals surface area contributed by atoms with E-state index in [9.17, 15) is 4.79 Å². The lowest BCUT2D eigenvalue weighted by molar-refractivity contribution is -0.125. The van der Waals surface area contributed by atoms with Gasteiger partial charge < -0.3 is 15.4 Å². The van der Waals surface area contributed by atoms with E-state index in [1.54, 1.807) is 0 Å². The van der Waals surface area contributed by atoms with Crippen LogP contribution in [0.3, 0.4) is 0 Å². The van der Waals surface area contributed by atoms with Crippen molar-refractivity contribution in [1.29, 1.82) is 0 Å². The first-order valence-electron chi connectivity index (χ1n) is 6.38. The molecule has 1 aliphatic rings. The minimum atomic E-state index is 0. The van der Waals surface area contributed by atoms with Gasteiger partial charge in [0.25, 0.3) is 0 Å². The highest BCUT2D eigenvalue weighted by Crippen LogP contribution is 2.04. The van der Waals surface area contributed by atoms with Gasteiger partial charge >= 0.3 is 0 Å². The molecule has 0 aromatic rings. The molecule has 0 aromatic heterocycles. The van der Waals surface area contributed by atoms with Crippen LogP contribution < -0.4 is 10.6 Å². The SMILES string of the molecule is CCCC(CC)NC(=O)CC1CNCCO1.Cl. The first-order chi connectivity index (χ1) is 7.76. The van der Waals surface area contributed by atoms with E-state index in [1.807, 2.05) is 0 Å². The molecule has 1 saturated heterocycles. The summed E-state index contributed by atoms with van der Waals surface area (Å²) in [5, 5.41) is 6.30. The van der Waals surface area contributed by atoms with Crippen molar-refractivity contribution in [2.75, 3.05) is 19.7 Å². The second-order valence-corrected chi connectivity index (χ2v) is 4.36. The van der Waals surface area contributed by atoms with E-state index in [1.165, 1.54) is 0 Å². The summed E-state index contributed by atoms with van der Waals surface area (Å²) in [5.74, 6) is 0.119. The van der Waals surface area contributed by atoms with Crippen molar-refractivity contribution >= 4 is 18.3 Å². The van der Waals surface area contributed by atoms with Gasteiger partial charge in [-0.2, -0.15) is 0 Å². The number of carbonyl (C=O) groups excluding carboxylic acids is 1. The number of amides is 1. The molecule has 4 nitrogen and oxygen atoms in total. The van der Waals surface area contributed by atoms with Crippen LogP contribution in [0.15, 0.2) is 0 Å². The number of hydrogen-bond acceptors (Lipinski definition) is 3. The highest BCUT2D eigenvalue weighted by molar-refractivity contribution is 5.85. The van der Waals surface area contributed by atoms with E-state index in [0.717, 1.165) is 32.4 Å². The maximum Gasteiger partial charge on any atom is 0.222 e. The van der Waals surface area contributed by atoms with Crippen LogP contribution in [0.1, 0.15) is 39.5 Å². The van der Waals surface area contributed by atoms with E-state index in [2.05, 4.69) is 24.5 Å². The standard InChI is InChI=1S/C12H24N2O2.ClH/c1-3-5-10(4-2)14-12(15)8-11-9-13-6-7-16-11;/h10-11,13H,3-9H2,1-2H3,(H,14,15);1H. The molecular weight excluding hydrogens is 240 g/mol. The van der Waals surface area contributed by atoms with Crippen LogP contribution in [-0.4, -0.2) is 37.7 Å². The Hall–Kier alpha value is -0.320. The van der Waals surface area contributed by atoms with Crippen LogP contribution in [0.5, 0.6) is 0 Å². The summed E-state index contributed by atoms with van der Waals surface area (Å²) in [7, 11) is 0. The van der Waals surface area contributed by atoms with E-state index in [4.69, 9.17) is 4.74 Å². The van der Waals surface area contributed by atoms with E-state index in [-0.39, 0.29) is 24.4 Å². The van der Waals surface area contributed by atoms with Crippen LogP contribution in [0.4, 0.5) is 0 Å². The first-order valence-corrected chi connectivity index (χ1v) is 6.38. The molecule has 1 heterocycles. The molecule has 1 amide bonds. The lowest BCUT2D eigenvalue weighted by Crippen LogP contribution is -2.43. The summed E-state index contributed by atoms with van der Waals surface area (Å²) < 4.78 is 5.50. The Morgan fingerprint density at radius 3 is 2.82 bits per heavy atom. The van der Waals surface area contributed by atoms with Crippen molar-refractivity contribution < 1.29 is 9.53 Å². The third-order valence-corrected chi connectivity index (χ3v) is 2.91. The Labute approximate surface area is 110 Å². The van der Waals surface area contributed by atoms with Crippen molar-refractivity contribution in [3.63, 3.8) is 0 Å².